The number of aromatic nitrogens is 1. The normalized spacial score (nSPS) is 16.4. The maximum absolute atomic E-state index is 13.0. The Balaban J connectivity index is 2.08. The van der Waals surface area contributed by atoms with Gasteiger partial charge in [0, 0.05) is 28.5 Å². The predicted octanol–water partition coefficient (Wildman–Crippen LogP) is 3.78. The van der Waals surface area contributed by atoms with Crippen molar-refractivity contribution in [1.82, 2.24) is 9.88 Å². The van der Waals surface area contributed by atoms with Crippen LogP contribution in [0.1, 0.15) is 17.0 Å². The Morgan fingerprint density at radius 2 is 1.69 bits per heavy atom. The Bertz CT molecular complexity index is 974. The molecule has 2 aromatic rings. The number of hydrogen-bond donors (Lipinski definition) is 1. The quantitative estimate of drug-likeness (QED) is 0.468. The summed E-state index contributed by atoms with van der Waals surface area (Å²) in [5, 5.41) is 3.25. The zero-order valence-electron chi connectivity index (χ0n) is 14.3. The number of carbonyl (C=O) groups is 2. The van der Waals surface area contributed by atoms with E-state index in [1.807, 2.05) is 31.5 Å². The number of hydrogen-bond acceptors (Lipinski definition) is 3. The van der Waals surface area contributed by atoms with Crippen LogP contribution in [0.25, 0.3) is 6.08 Å². The number of thiocarbonyl (C=S) groups is 1. The van der Waals surface area contributed by atoms with Gasteiger partial charge in [-0.3, -0.25) is 19.8 Å². The number of amides is 2. The lowest BCUT2D eigenvalue weighted by atomic mass is 10.1. The first-order valence-corrected chi connectivity index (χ1v) is 8.86. The third-order valence-electron chi connectivity index (χ3n) is 4.32. The minimum absolute atomic E-state index is 0.0107. The summed E-state index contributed by atoms with van der Waals surface area (Å²) in [5.41, 5.74) is 3.14. The molecule has 2 heterocycles. The summed E-state index contributed by atoms with van der Waals surface area (Å²) in [6.45, 7) is 3.87. The summed E-state index contributed by atoms with van der Waals surface area (Å²) >= 11 is 17.2. The van der Waals surface area contributed by atoms with Gasteiger partial charge in [-0.2, -0.15) is 0 Å². The lowest BCUT2D eigenvalue weighted by molar-refractivity contribution is -0.122. The molecule has 0 bridgehead atoms. The standard InChI is InChI=1S/C18H15Cl2N3O2S/c1-9-4-11(10(2)22(9)3)5-15-16(24)21-18(26)23(17(15)25)14-7-12(19)6-13(20)8-14/h4-8H,1-3H3,(H,21,24,26)/b15-5+. The summed E-state index contributed by atoms with van der Waals surface area (Å²) in [7, 11) is 1.92. The van der Waals surface area contributed by atoms with Crippen LogP contribution in [0.5, 0.6) is 0 Å². The molecule has 0 unspecified atom stereocenters. The monoisotopic (exact) mass is 407 g/mol. The molecule has 1 saturated heterocycles. The van der Waals surface area contributed by atoms with Crippen molar-refractivity contribution in [1.29, 1.82) is 0 Å². The van der Waals surface area contributed by atoms with E-state index in [1.165, 1.54) is 4.90 Å². The van der Waals surface area contributed by atoms with E-state index in [2.05, 4.69) is 5.32 Å². The molecule has 1 aliphatic rings. The Labute approximate surface area is 166 Å². The van der Waals surface area contributed by atoms with Crippen molar-refractivity contribution >= 4 is 64.1 Å². The first-order valence-electron chi connectivity index (χ1n) is 7.69. The van der Waals surface area contributed by atoms with E-state index >= 15 is 0 Å². The minimum Gasteiger partial charge on any atom is -0.352 e. The van der Waals surface area contributed by atoms with Crippen LogP contribution in [-0.4, -0.2) is 21.5 Å². The molecule has 0 spiro atoms. The van der Waals surface area contributed by atoms with Gasteiger partial charge in [0.25, 0.3) is 11.8 Å². The number of nitrogens with one attached hydrogen (secondary N) is 1. The zero-order valence-corrected chi connectivity index (χ0v) is 16.6. The molecule has 0 saturated carbocycles. The fourth-order valence-corrected chi connectivity index (χ4v) is 3.54. The summed E-state index contributed by atoms with van der Waals surface area (Å²) < 4.78 is 1.98. The van der Waals surface area contributed by atoms with Crippen LogP contribution in [0.3, 0.4) is 0 Å². The fourth-order valence-electron chi connectivity index (χ4n) is 2.75. The number of carbonyl (C=O) groups excluding carboxylic acids is 2. The van der Waals surface area contributed by atoms with Gasteiger partial charge in [0.05, 0.1) is 5.69 Å². The molecule has 0 atom stereocenters. The Kier molecular flexibility index (Phi) is 4.92. The largest absolute Gasteiger partial charge is 0.352 e. The van der Waals surface area contributed by atoms with E-state index in [1.54, 1.807) is 24.3 Å². The number of aryl methyl sites for hydroxylation is 1. The molecule has 1 aliphatic heterocycles. The first-order chi connectivity index (χ1) is 12.2. The predicted molar refractivity (Wildman–Crippen MR) is 108 cm³/mol. The summed E-state index contributed by atoms with van der Waals surface area (Å²) in [6, 6.07) is 6.58. The van der Waals surface area contributed by atoms with Gasteiger partial charge < -0.3 is 4.57 Å². The van der Waals surface area contributed by atoms with Crippen molar-refractivity contribution in [3.8, 4) is 0 Å². The second-order valence-electron chi connectivity index (χ2n) is 5.97. The molecule has 1 aromatic heterocycles. The second kappa shape index (κ2) is 6.87. The van der Waals surface area contributed by atoms with E-state index in [9.17, 15) is 9.59 Å². The Morgan fingerprint density at radius 1 is 1.08 bits per heavy atom. The van der Waals surface area contributed by atoms with Crippen LogP contribution >= 0.6 is 35.4 Å². The van der Waals surface area contributed by atoms with Gasteiger partial charge >= 0.3 is 0 Å². The molecule has 0 aliphatic carbocycles. The van der Waals surface area contributed by atoms with Crippen molar-refractivity contribution < 1.29 is 9.59 Å². The van der Waals surface area contributed by atoms with Crippen molar-refractivity contribution in [3.63, 3.8) is 0 Å². The van der Waals surface area contributed by atoms with Gasteiger partial charge in [-0.1, -0.05) is 23.2 Å². The maximum Gasteiger partial charge on any atom is 0.270 e. The van der Waals surface area contributed by atoms with E-state index in [-0.39, 0.29) is 10.7 Å². The van der Waals surface area contributed by atoms with Crippen LogP contribution in [0, 0.1) is 13.8 Å². The van der Waals surface area contributed by atoms with Crippen LogP contribution < -0.4 is 10.2 Å². The molecule has 1 fully saturated rings. The highest BCUT2D eigenvalue weighted by Gasteiger charge is 2.35. The lowest BCUT2D eigenvalue weighted by Gasteiger charge is -2.29. The van der Waals surface area contributed by atoms with E-state index in [0.717, 1.165) is 17.0 Å². The maximum atomic E-state index is 13.0. The van der Waals surface area contributed by atoms with Crippen LogP contribution in [0.4, 0.5) is 5.69 Å². The summed E-state index contributed by atoms with van der Waals surface area (Å²) in [4.78, 5) is 26.6. The molecular weight excluding hydrogens is 393 g/mol. The average Bonchev–Trinajstić information content (AvgIpc) is 2.77. The van der Waals surface area contributed by atoms with Gasteiger partial charge in [-0.15, -0.1) is 0 Å². The third kappa shape index (κ3) is 3.28. The van der Waals surface area contributed by atoms with E-state index in [0.29, 0.717) is 15.7 Å². The van der Waals surface area contributed by atoms with Gasteiger partial charge in [0.15, 0.2) is 5.11 Å². The number of anilines is 1. The number of halogens is 2. The topological polar surface area (TPSA) is 54.3 Å². The average molecular weight is 408 g/mol. The number of rotatable bonds is 2. The highest BCUT2D eigenvalue weighted by molar-refractivity contribution is 7.80. The number of nitrogens with zero attached hydrogens (tertiary/aromatic N) is 2. The first kappa shape index (κ1) is 18.6. The van der Waals surface area contributed by atoms with Gasteiger partial charge in [-0.25, -0.2) is 0 Å². The molecule has 26 heavy (non-hydrogen) atoms. The van der Waals surface area contributed by atoms with Gasteiger partial charge in [0.2, 0.25) is 0 Å². The molecule has 1 aromatic carbocycles. The molecule has 1 N–H and O–H groups in total. The fraction of sp³-hybridized carbons (Fsp3) is 0.167. The molecule has 2 amide bonds. The highest BCUT2D eigenvalue weighted by Crippen LogP contribution is 2.29. The molecule has 8 heteroatoms. The van der Waals surface area contributed by atoms with Gasteiger partial charge in [-0.05, 0) is 62.0 Å². The van der Waals surface area contributed by atoms with Gasteiger partial charge in [0.1, 0.15) is 5.57 Å². The molecule has 0 radical (unpaired) electrons. The third-order valence-corrected chi connectivity index (χ3v) is 5.04. The van der Waals surface area contributed by atoms with Crippen molar-refractivity contribution in [2.24, 2.45) is 7.05 Å². The Hall–Kier alpha value is -2.15. The Morgan fingerprint density at radius 3 is 2.23 bits per heavy atom. The zero-order chi connectivity index (χ0) is 19.2. The van der Waals surface area contributed by atoms with Crippen molar-refractivity contribution in [2.75, 3.05) is 4.90 Å². The van der Waals surface area contributed by atoms with E-state index < -0.39 is 11.8 Å². The summed E-state index contributed by atoms with van der Waals surface area (Å²) in [6.07, 6.45) is 1.57. The van der Waals surface area contributed by atoms with Crippen LogP contribution in [0.2, 0.25) is 10.0 Å². The van der Waals surface area contributed by atoms with Crippen LogP contribution in [-0.2, 0) is 16.6 Å². The SMILES string of the molecule is Cc1cc(/C=C2\C(=O)NC(=S)N(c3cc(Cl)cc(Cl)c3)C2=O)c(C)n1C. The van der Waals surface area contributed by atoms with Crippen LogP contribution in [0.15, 0.2) is 29.8 Å². The van der Waals surface area contributed by atoms with Crippen molar-refractivity contribution in [3.05, 3.63) is 56.8 Å². The minimum atomic E-state index is -0.537. The van der Waals surface area contributed by atoms with Crippen molar-refractivity contribution in [2.45, 2.75) is 13.8 Å². The molecule has 3 rings (SSSR count). The molecular formula is C18H15Cl2N3O2S. The second-order valence-corrected chi connectivity index (χ2v) is 7.23. The summed E-state index contributed by atoms with van der Waals surface area (Å²) in [5.74, 6) is -1.07. The molecule has 5 nitrogen and oxygen atoms in total. The van der Waals surface area contributed by atoms with E-state index in [4.69, 9.17) is 35.4 Å². The number of benzene rings is 1. The lowest BCUT2D eigenvalue weighted by Crippen LogP contribution is -2.54. The smallest absolute Gasteiger partial charge is 0.270 e. The molecule has 134 valence electrons. The highest BCUT2D eigenvalue weighted by atomic mass is 35.5.